The Hall–Kier alpha value is -2.46. The van der Waals surface area contributed by atoms with Crippen LogP contribution in [0, 0.1) is 0 Å². The van der Waals surface area contributed by atoms with Crippen LogP contribution in [0.25, 0.3) is 0 Å². The molecule has 0 unspecified atom stereocenters. The van der Waals surface area contributed by atoms with Crippen molar-refractivity contribution in [2.75, 3.05) is 13.1 Å². The smallest absolute Gasteiger partial charge is 0.216 e. The molecule has 0 saturated heterocycles. The number of rotatable bonds is 11. The number of aryl methyl sites for hydroxylation is 1. The minimum atomic E-state index is -3.40. The van der Waals surface area contributed by atoms with Crippen molar-refractivity contribution >= 4 is 16.0 Å². The van der Waals surface area contributed by atoms with Crippen LogP contribution in [0.4, 0.5) is 0 Å². The van der Waals surface area contributed by atoms with Gasteiger partial charge in [0.2, 0.25) is 10.0 Å². The number of nitrogens with zero attached hydrogens (tertiary/aromatic N) is 4. The van der Waals surface area contributed by atoms with Crippen LogP contribution in [0.2, 0.25) is 0 Å². The summed E-state index contributed by atoms with van der Waals surface area (Å²) >= 11 is 0. The summed E-state index contributed by atoms with van der Waals surface area (Å²) in [6.45, 7) is 10.2. The van der Waals surface area contributed by atoms with E-state index in [4.69, 9.17) is 0 Å². The van der Waals surface area contributed by atoms with Gasteiger partial charge >= 0.3 is 0 Å². The first kappa shape index (κ1) is 23.8. The van der Waals surface area contributed by atoms with Crippen LogP contribution in [-0.2, 0) is 35.3 Å². The summed E-state index contributed by atoms with van der Waals surface area (Å²) in [5, 5.41) is 14.6. The lowest BCUT2D eigenvalue weighted by atomic mass is 10.1. The fraction of sp³-hybridized carbons (Fsp3) is 0.550. The monoisotopic (exact) mass is 435 g/mol. The Morgan fingerprint density at radius 2 is 1.90 bits per heavy atom. The highest BCUT2D eigenvalue weighted by molar-refractivity contribution is 7.88. The molecule has 0 fully saturated rings. The Bertz CT molecular complexity index is 923. The molecule has 1 aromatic carbocycles. The predicted molar refractivity (Wildman–Crippen MR) is 120 cm³/mol. The number of sulfonamides is 1. The van der Waals surface area contributed by atoms with E-state index in [1.54, 1.807) is 6.33 Å². The van der Waals surface area contributed by atoms with Crippen molar-refractivity contribution in [2.45, 2.75) is 59.0 Å². The van der Waals surface area contributed by atoms with E-state index < -0.39 is 10.0 Å². The van der Waals surface area contributed by atoms with Crippen LogP contribution >= 0.6 is 0 Å². The van der Waals surface area contributed by atoms with E-state index in [0.29, 0.717) is 19.0 Å². The molecule has 0 spiro atoms. The maximum Gasteiger partial charge on any atom is 0.216 e. The number of aromatic nitrogens is 3. The third-order valence-electron chi connectivity index (χ3n) is 4.29. The Balaban J connectivity index is 2.03. The fourth-order valence-electron chi connectivity index (χ4n) is 3.00. The number of hydrogen-bond donors (Lipinski definition) is 3. The largest absolute Gasteiger partial charge is 0.357 e. The molecule has 1 aromatic heterocycles. The summed E-state index contributed by atoms with van der Waals surface area (Å²) < 4.78 is 29.3. The second-order valence-electron chi connectivity index (χ2n) is 7.22. The van der Waals surface area contributed by atoms with Gasteiger partial charge < -0.3 is 15.2 Å². The van der Waals surface area contributed by atoms with Crippen LogP contribution in [-0.4, -0.2) is 48.3 Å². The van der Waals surface area contributed by atoms with Crippen molar-refractivity contribution in [1.29, 1.82) is 0 Å². The first-order valence-electron chi connectivity index (χ1n) is 10.3. The lowest BCUT2D eigenvalue weighted by Crippen LogP contribution is -2.39. The molecule has 30 heavy (non-hydrogen) atoms. The number of hydrogen-bond acceptors (Lipinski definition) is 5. The summed E-state index contributed by atoms with van der Waals surface area (Å²) in [5.74, 6) is 1.57. The molecule has 3 N–H and O–H groups in total. The van der Waals surface area contributed by atoms with E-state index >= 15 is 0 Å². The van der Waals surface area contributed by atoms with Gasteiger partial charge in [-0.1, -0.05) is 31.2 Å². The Morgan fingerprint density at radius 3 is 2.57 bits per heavy atom. The Kier molecular flexibility index (Phi) is 9.25. The lowest BCUT2D eigenvalue weighted by molar-refractivity contribution is 0.569. The van der Waals surface area contributed by atoms with E-state index in [2.05, 4.69) is 30.5 Å². The highest BCUT2D eigenvalue weighted by atomic mass is 32.2. The summed E-state index contributed by atoms with van der Waals surface area (Å²) in [4.78, 5) is 4.64. The van der Waals surface area contributed by atoms with E-state index in [1.165, 1.54) is 0 Å². The number of guanidine groups is 1. The molecule has 10 heteroatoms. The van der Waals surface area contributed by atoms with Crippen molar-refractivity contribution in [1.82, 2.24) is 30.1 Å². The topological polar surface area (TPSA) is 113 Å². The molecular formula is C20H33N7O2S. The van der Waals surface area contributed by atoms with Gasteiger partial charge in [-0.15, -0.1) is 10.2 Å². The van der Waals surface area contributed by atoms with E-state index in [9.17, 15) is 8.42 Å². The molecular weight excluding hydrogens is 402 g/mol. The molecule has 0 aliphatic rings. The molecule has 9 nitrogen and oxygen atoms in total. The number of aliphatic imine (C=N–C) groups is 1. The van der Waals surface area contributed by atoms with Gasteiger partial charge in [-0.05, 0) is 31.9 Å². The van der Waals surface area contributed by atoms with Crippen LogP contribution in [0.1, 0.15) is 44.6 Å². The third kappa shape index (κ3) is 7.75. The molecule has 0 amide bonds. The molecule has 0 aliphatic carbocycles. The highest BCUT2D eigenvalue weighted by Crippen LogP contribution is 2.13. The average molecular weight is 436 g/mol. The normalized spacial score (nSPS) is 12.4. The van der Waals surface area contributed by atoms with Crippen molar-refractivity contribution in [3.8, 4) is 0 Å². The summed E-state index contributed by atoms with van der Waals surface area (Å²) in [7, 11) is -3.40. The van der Waals surface area contributed by atoms with Gasteiger partial charge in [0.25, 0.3) is 0 Å². The second kappa shape index (κ2) is 11.7. The molecule has 2 aromatic rings. The Labute approximate surface area is 179 Å². The van der Waals surface area contributed by atoms with Crippen molar-refractivity contribution in [3.63, 3.8) is 0 Å². The number of benzene rings is 1. The van der Waals surface area contributed by atoms with Crippen LogP contribution in [0.3, 0.4) is 0 Å². The van der Waals surface area contributed by atoms with Crippen LogP contribution < -0.4 is 15.4 Å². The van der Waals surface area contributed by atoms with Gasteiger partial charge in [-0.3, -0.25) is 0 Å². The van der Waals surface area contributed by atoms with Crippen LogP contribution in [0.15, 0.2) is 35.6 Å². The highest BCUT2D eigenvalue weighted by Gasteiger charge is 2.15. The minimum absolute atomic E-state index is 0.0612. The van der Waals surface area contributed by atoms with Crippen LogP contribution in [0.5, 0.6) is 0 Å². The van der Waals surface area contributed by atoms with Crippen molar-refractivity contribution < 1.29 is 8.42 Å². The van der Waals surface area contributed by atoms with E-state index in [0.717, 1.165) is 36.5 Å². The zero-order chi connectivity index (χ0) is 22.0. The summed E-state index contributed by atoms with van der Waals surface area (Å²) in [6, 6.07) is 7.36. The SMILES string of the molecule is CCNC(=NCc1ccccc1CS(=O)(=O)NC(C)C)NCCn1cnnc1CC. The zero-order valence-corrected chi connectivity index (χ0v) is 19.0. The molecule has 1 heterocycles. The van der Waals surface area contributed by atoms with Gasteiger partial charge in [-0.25, -0.2) is 18.1 Å². The molecule has 0 aliphatic heterocycles. The minimum Gasteiger partial charge on any atom is -0.357 e. The molecule has 0 radical (unpaired) electrons. The summed E-state index contributed by atoms with van der Waals surface area (Å²) in [6.07, 6.45) is 2.56. The van der Waals surface area contributed by atoms with Crippen molar-refractivity contribution in [3.05, 3.63) is 47.5 Å². The zero-order valence-electron chi connectivity index (χ0n) is 18.2. The van der Waals surface area contributed by atoms with E-state index in [-0.39, 0.29) is 11.8 Å². The molecule has 2 rings (SSSR count). The Morgan fingerprint density at radius 1 is 1.17 bits per heavy atom. The van der Waals surface area contributed by atoms with Gasteiger partial charge in [0.05, 0.1) is 12.3 Å². The summed E-state index contributed by atoms with van der Waals surface area (Å²) in [5.41, 5.74) is 1.64. The maximum atomic E-state index is 12.3. The number of nitrogens with one attached hydrogen (secondary N) is 3. The quantitative estimate of drug-likeness (QED) is 0.363. The standard InChI is InChI=1S/C20H33N7O2S/c1-5-19-25-24-15-27(19)12-11-22-20(21-6-2)23-13-17-9-7-8-10-18(17)14-30(28,29)26-16(3)4/h7-10,15-16,26H,5-6,11-14H2,1-4H3,(H2,21,22,23). The van der Waals surface area contributed by atoms with Gasteiger partial charge in [-0.2, -0.15) is 0 Å². The second-order valence-corrected chi connectivity index (χ2v) is 8.97. The van der Waals surface area contributed by atoms with Gasteiger partial charge in [0, 0.05) is 32.1 Å². The van der Waals surface area contributed by atoms with Crippen molar-refractivity contribution in [2.24, 2.45) is 4.99 Å². The molecule has 0 bridgehead atoms. The first-order valence-corrected chi connectivity index (χ1v) is 12.0. The van der Waals surface area contributed by atoms with Gasteiger partial charge in [0.1, 0.15) is 12.2 Å². The molecule has 0 saturated carbocycles. The third-order valence-corrected chi connectivity index (χ3v) is 5.81. The van der Waals surface area contributed by atoms with E-state index in [1.807, 2.05) is 56.5 Å². The average Bonchev–Trinajstić information content (AvgIpc) is 3.13. The first-order chi connectivity index (χ1) is 14.3. The maximum absolute atomic E-state index is 12.3. The van der Waals surface area contributed by atoms with Gasteiger partial charge in [0.15, 0.2) is 5.96 Å². The molecule has 0 atom stereocenters. The predicted octanol–water partition coefficient (Wildman–Crippen LogP) is 1.42. The fourth-order valence-corrected chi connectivity index (χ4v) is 4.49. The molecule has 166 valence electrons. The lowest BCUT2D eigenvalue weighted by Gasteiger charge is -2.14.